The molecule has 2 nitrogen and oxygen atoms in total. The Morgan fingerprint density at radius 2 is 1.78 bits per heavy atom. The van der Waals surface area contributed by atoms with Gasteiger partial charge in [0.1, 0.15) is 0 Å². The number of unbranched alkanes of at least 4 members (excludes halogenated alkanes) is 1. The Morgan fingerprint density at radius 3 is 2.33 bits per heavy atom. The lowest BCUT2D eigenvalue weighted by atomic mass is 9.85. The summed E-state index contributed by atoms with van der Waals surface area (Å²) in [5.41, 5.74) is 7.25. The maximum Gasteiger partial charge on any atom is 0.0325 e. The van der Waals surface area contributed by atoms with Crippen molar-refractivity contribution in [2.75, 3.05) is 13.1 Å². The molecule has 102 valence electrons. The standard InChI is InChI=1S/C16H28N2/c1-16(2,3)13-15(18-12-8-7-11-17)14-9-5-4-6-10-14/h4-6,9-10,15,18H,7-8,11-13,17H2,1-3H3. The second kappa shape index (κ2) is 7.55. The molecule has 0 radical (unpaired) electrons. The van der Waals surface area contributed by atoms with Crippen LogP contribution in [0.1, 0.15) is 51.6 Å². The van der Waals surface area contributed by atoms with Crippen molar-refractivity contribution >= 4 is 0 Å². The number of hydrogen-bond donors (Lipinski definition) is 2. The fourth-order valence-corrected chi connectivity index (χ4v) is 2.15. The highest BCUT2D eigenvalue weighted by Crippen LogP contribution is 2.29. The van der Waals surface area contributed by atoms with Gasteiger partial charge in [0.05, 0.1) is 0 Å². The van der Waals surface area contributed by atoms with Crippen molar-refractivity contribution in [2.24, 2.45) is 11.1 Å². The topological polar surface area (TPSA) is 38.0 Å². The monoisotopic (exact) mass is 248 g/mol. The second-order valence-corrected chi connectivity index (χ2v) is 6.18. The molecule has 1 aromatic rings. The van der Waals surface area contributed by atoms with Crippen molar-refractivity contribution in [2.45, 2.75) is 46.1 Å². The molecule has 0 spiro atoms. The highest BCUT2D eigenvalue weighted by Gasteiger charge is 2.19. The van der Waals surface area contributed by atoms with Crippen LogP contribution in [0, 0.1) is 5.41 Å². The van der Waals surface area contributed by atoms with Gasteiger partial charge >= 0.3 is 0 Å². The van der Waals surface area contributed by atoms with E-state index in [0.29, 0.717) is 11.5 Å². The molecule has 0 saturated carbocycles. The van der Waals surface area contributed by atoms with E-state index < -0.39 is 0 Å². The summed E-state index contributed by atoms with van der Waals surface area (Å²) in [4.78, 5) is 0. The first kappa shape index (κ1) is 15.2. The molecule has 18 heavy (non-hydrogen) atoms. The number of nitrogens with one attached hydrogen (secondary N) is 1. The van der Waals surface area contributed by atoms with Crippen LogP contribution in [-0.4, -0.2) is 13.1 Å². The lowest BCUT2D eigenvalue weighted by Gasteiger charge is -2.27. The molecule has 1 aromatic carbocycles. The van der Waals surface area contributed by atoms with E-state index in [1.54, 1.807) is 0 Å². The molecule has 0 fully saturated rings. The minimum atomic E-state index is 0.335. The van der Waals surface area contributed by atoms with Gasteiger partial charge in [-0.1, -0.05) is 51.1 Å². The van der Waals surface area contributed by atoms with Crippen LogP contribution in [0.3, 0.4) is 0 Å². The van der Waals surface area contributed by atoms with E-state index in [4.69, 9.17) is 5.73 Å². The molecule has 0 aliphatic rings. The molecule has 0 aliphatic heterocycles. The lowest BCUT2D eigenvalue weighted by molar-refractivity contribution is 0.310. The lowest BCUT2D eigenvalue weighted by Crippen LogP contribution is -2.27. The molecule has 0 saturated heterocycles. The average molecular weight is 248 g/mol. The smallest absolute Gasteiger partial charge is 0.0325 e. The first-order chi connectivity index (χ1) is 8.53. The van der Waals surface area contributed by atoms with Crippen LogP contribution in [0.25, 0.3) is 0 Å². The van der Waals surface area contributed by atoms with Gasteiger partial charge in [-0.25, -0.2) is 0 Å². The Balaban J connectivity index is 2.58. The van der Waals surface area contributed by atoms with Gasteiger partial charge < -0.3 is 11.1 Å². The van der Waals surface area contributed by atoms with Crippen LogP contribution >= 0.6 is 0 Å². The van der Waals surface area contributed by atoms with Gasteiger partial charge in [0.15, 0.2) is 0 Å². The molecule has 1 atom stereocenters. The average Bonchev–Trinajstić information content (AvgIpc) is 2.33. The van der Waals surface area contributed by atoms with Gasteiger partial charge in [-0.2, -0.15) is 0 Å². The van der Waals surface area contributed by atoms with Gasteiger partial charge in [0.2, 0.25) is 0 Å². The minimum Gasteiger partial charge on any atom is -0.330 e. The van der Waals surface area contributed by atoms with Crippen LogP contribution < -0.4 is 11.1 Å². The fraction of sp³-hybridized carbons (Fsp3) is 0.625. The molecule has 0 bridgehead atoms. The fourth-order valence-electron chi connectivity index (χ4n) is 2.15. The van der Waals surface area contributed by atoms with E-state index in [1.165, 1.54) is 5.56 Å². The summed E-state index contributed by atoms with van der Waals surface area (Å²) < 4.78 is 0. The van der Waals surface area contributed by atoms with Gasteiger partial charge in [0, 0.05) is 6.04 Å². The molecule has 3 N–H and O–H groups in total. The van der Waals surface area contributed by atoms with Crippen molar-refractivity contribution in [3.63, 3.8) is 0 Å². The van der Waals surface area contributed by atoms with Gasteiger partial charge in [-0.05, 0) is 43.3 Å². The maximum atomic E-state index is 5.53. The third-order valence-corrected chi connectivity index (χ3v) is 3.04. The number of nitrogens with two attached hydrogens (primary N) is 1. The van der Waals surface area contributed by atoms with Crippen molar-refractivity contribution in [3.8, 4) is 0 Å². The first-order valence-electron chi connectivity index (χ1n) is 7.01. The predicted octanol–water partition coefficient (Wildman–Crippen LogP) is 3.49. The zero-order valence-electron chi connectivity index (χ0n) is 12.1. The van der Waals surface area contributed by atoms with Crippen LogP contribution in [0.2, 0.25) is 0 Å². The van der Waals surface area contributed by atoms with E-state index >= 15 is 0 Å². The zero-order chi connectivity index (χ0) is 13.4. The maximum absolute atomic E-state index is 5.53. The summed E-state index contributed by atoms with van der Waals surface area (Å²) in [7, 11) is 0. The Morgan fingerprint density at radius 1 is 1.11 bits per heavy atom. The van der Waals surface area contributed by atoms with Gasteiger partial charge in [-0.15, -0.1) is 0 Å². The number of rotatable bonds is 7. The molecule has 0 aromatic heterocycles. The molecule has 2 heteroatoms. The number of hydrogen-bond acceptors (Lipinski definition) is 2. The molecule has 0 heterocycles. The van der Waals surface area contributed by atoms with Crippen molar-refractivity contribution < 1.29 is 0 Å². The molecular formula is C16H28N2. The van der Waals surface area contributed by atoms with E-state index in [9.17, 15) is 0 Å². The Bertz CT molecular complexity index is 314. The summed E-state index contributed by atoms with van der Waals surface area (Å²) >= 11 is 0. The van der Waals surface area contributed by atoms with Crippen LogP contribution in [0.15, 0.2) is 30.3 Å². The quantitative estimate of drug-likeness (QED) is 0.725. The first-order valence-corrected chi connectivity index (χ1v) is 7.01. The highest BCUT2D eigenvalue weighted by atomic mass is 14.9. The molecule has 0 aliphatic carbocycles. The highest BCUT2D eigenvalue weighted by molar-refractivity contribution is 5.19. The Kier molecular flexibility index (Phi) is 6.37. The van der Waals surface area contributed by atoms with Crippen molar-refractivity contribution in [1.82, 2.24) is 5.32 Å². The normalized spacial score (nSPS) is 13.6. The van der Waals surface area contributed by atoms with E-state index in [-0.39, 0.29) is 0 Å². The summed E-state index contributed by atoms with van der Waals surface area (Å²) in [5.74, 6) is 0. The largest absolute Gasteiger partial charge is 0.330 e. The second-order valence-electron chi connectivity index (χ2n) is 6.18. The zero-order valence-corrected chi connectivity index (χ0v) is 12.1. The third-order valence-electron chi connectivity index (χ3n) is 3.04. The number of benzene rings is 1. The molecule has 1 rings (SSSR count). The summed E-state index contributed by atoms with van der Waals surface area (Å²) in [6.07, 6.45) is 3.41. The van der Waals surface area contributed by atoms with Crippen LogP contribution in [0.5, 0.6) is 0 Å². The molecular weight excluding hydrogens is 220 g/mol. The van der Waals surface area contributed by atoms with Gasteiger partial charge in [-0.3, -0.25) is 0 Å². The van der Waals surface area contributed by atoms with Crippen LogP contribution in [-0.2, 0) is 0 Å². The molecule has 0 amide bonds. The Hall–Kier alpha value is -0.860. The minimum absolute atomic E-state index is 0.335. The van der Waals surface area contributed by atoms with E-state index in [1.807, 2.05) is 0 Å². The summed E-state index contributed by atoms with van der Waals surface area (Å²) in [6.45, 7) is 8.73. The van der Waals surface area contributed by atoms with Crippen LogP contribution in [0.4, 0.5) is 0 Å². The SMILES string of the molecule is CC(C)(C)CC(NCCCCN)c1ccccc1. The van der Waals surface area contributed by atoms with Crippen molar-refractivity contribution in [1.29, 1.82) is 0 Å². The van der Waals surface area contributed by atoms with E-state index in [2.05, 4.69) is 56.4 Å². The predicted molar refractivity (Wildman–Crippen MR) is 79.5 cm³/mol. The molecule has 1 unspecified atom stereocenters. The summed E-state index contributed by atoms with van der Waals surface area (Å²) in [5, 5.41) is 3.67. The van der Waals surface area contributed by atoms with Gasteiger partial charge in [0.25, 0.3) is 0 Å². The van der Waals surface area contributed by atoms with Crippen molar-refractivity contribution in [3.05, 3.63) is 35.9 Å². The third kappa shape index (κ3) is 6.18. The Labute approximate surface area is 112 Å². The summed E-state index contributed by atoms with van der Waals surface area (Å²) in [6, 6.07) is 11.2. The van der Waals surface area contributed by atoms with E-state index in [0.717, 1.165) is 32.4 Å².